The highest BCUT2D eigenvalue weighted by molar-refractivity contribution is 6.33. The number of para-hydroxylation sites is 1. The molecule has 0 aliphatic heterocycles. The number of hydrogen-bond donors (Lipinski definition) is 3. The average Bonchev–Trinajstić information content (AvgIpc) is 3.06. The number of nitrogens with two attached hydrogens (primary N) is 1. The zero-order valence-electron chi connectivity index (χ0n) is 14.3. The van der Waals surface area contributed by atoms with Crippen molar-refractivity contribution in [1.82, 2.24) is 15.0 Å². The van der Waals surface area contributed by atoms with Crippen LogP contribution in [0.1, 0.15) is 5.56 Å². The second-order valence-corrected chi connectivity index (χ2v) is 6.57. The van der Waals surface area contributed by atoms with E-state index in [1.165, 1.54) is 0 Å². The molecule has 1 aromatic carbocycles. The number of nitrogens with zero attached hydrogens (tertiary/aromatic N) is 2. The molecule has 1 unspecified atom stereocenters. The zero-order valence-corrected chi connectivity index (χ0v) is 15.8. The molecule has 0 fully saturated rings. The van der Waals surface area contributed by atoms with E-state index >= 15 is 0 Å². The number of halogens is 5. The van der Waals surface area contributed by atoms with Crippen LogP contribution in [0.5, 0.6) is 5.75 Å². The van der Waals surface area contributed by atoms with Crippen molar-refractivity contribution >= 4 is 39.9 Å². The van der Waals surface area contributed by atoms with Crippen LogP contribution in [-0.4, -0.2) is 40.3 Å². The molecule has 2 aromatic heterocycles. The van der Waals surface area contributed by atoms with Crippen LogP contribution in [0, 0.1) is 0 Å². The number of hydrogen-bond acceptors (Lipinski definition) is 5. The Bertz CT molecular complexity index is 956. The van der Waals surface area contributed by atoms with Crippen LogP contribution in [0.4, 0.5) is 19.0 Å². The Morgan fingerprint density at radius 2 is 1.93 bits per heavy atom. The summed E-state index contributed by atoms with van der Waals surface area (Å²) in [7, 11) is 0. The third-order valence-corrected chi connectivity index (χ3v) is 4.41. The average molecular weight is 434 g/mol. The highest BCUT2D eigenvalue weighted by atomic mass is 35.5. The molecule has 0 aliphatic carbocycles. The minimum Gasteiger partial charge on any atom is -0.451 e. The predicted octanol–water partition coefficient (Wildman–Crippen LogP) is 4.19. The Kier molecular flexibility index (Phi) is 6.48. The highest BCUT2D eigenvalue weighted by Gasteiger charge is 2.30. The van der Waals surface area contributed by atoms with Gasteiger partial charge in [0, 0.05) is 23.6 Å². The summed E-state index contributed by atoms with van der Waals surface area (Å²) in [5.41, 5.74) is 7.11. The van der Waals surface area contributed by atoms with Crippen molar-refractivity contribution in [2.75, 3.05) is 11.9 Å². The Morgan fingerprint density at radius 1 is 1.18 bits per heavy atom. The number of rotatable bonds is 8. The van der Waals surface area contributed by atoms with Crippen molar-refractivity contribution in [3.05, 3.63) is 46.5 Å². The number of anilines is 1. The van der Waals surface area contributed by atoms with Gasteiger partial charge in [-0.05, 0) is 29.7 Å². The van der Waals surface area contributed by atoms with Crippen LogP contribution in [0.2, 0.25) is 10.4 Å². The molecule has 2 atom stereocenters. The Labute approximate surface area is 168 Å². The zero-order chi connectivity index (χ0) is 20.3. The lowest BCUT2D eigenvalue weighted by Crippen LogP contribution is -2.41. The van der Waals surface area contributed by atoms with Gasteiger partial charge in [-0.3, -0.25) is 0 Å². The summed E-state index contributed by atoms with van der Waals surface area (Å²) in [5.74, 6) is -0.359. The number of fused-ring (bicyclic) bond motifs is 1. The summed E-state index contributed by atoms with van der Waals surface area (Å²) >= 11 is 11.7. The van der Waals surface area contributed by atoms with Gasteiger partial charge in [-0.25, -0.2) is 13.8 Å². The summed E-state index contributed by atoms with van der Waals surface area (Å²) < 4.78 is 43.9. The fourth-order valence-electron chi connectivity index (χ4n) is 2.58. The largest absolute Gasteiger partial charge is 0.451 e. The predicted molar refractivity (Wildman–Crippen MR) is 102 cm³/mol. The number of aromatic nitrogens is 3. The van der Waals surface area contributed by atoms with Crippen LogP contribution < -0.4 is 15.8 Å². The molecule has 0 radical (unpaired) electrons. The fourth-order valence-corrected chi connectivity index (χ4v) is 3.01. The summed E-state index contributed by atoms with van der Waals surface area (Å²) in [6.45, 7) is 0.361. The van der Waals surface area contributed by atoms with Gasteiger partial charge in [0.15, 0.2) is 11.0 Å². The normalized spacial score (nSPS) is 13.7. The second kappa shape index (κ2) is 8.85. The van der Waals surface area contributed by atoms with E-state index < -0.39 is 18.8 Å². The van der Waals surface area contributed by atoms with Crippen molar-refractivity contribution in [2.45, 2.75) is 25.2 Å². The van der Waals surface area contributed by atoms with Gasteiger partial charge in [-0.1, -0.05) is 29.8 Å². The molecule has 4 N–H and O–H groups in total. The number of ether oxygens (including phenoxy) is 1. The van der Waals surface area contributed by atoms with E-state index in [0.29, 0.717) is 13.0 Å². The van der Waals surface area contributed by atoms with E-state index in [0.717, 1.165) is 16.5 Å². The Hall–Kier alpha value is -2.23. The molecule has 11 heteroatoms. The molecule has 150 valence electrons. The van der Waals surface area contributed by atoms with Gasteiger partial charge in [-0.2, -0.15) is 9.37 Å². The van der Waals surface area contributed by atoms with Gasteiger partial charge >= 0.3 is 0 Å². The van der Waals surface area contributed by atoms with Crippen LogP contribution in [0.3, 0.4) is 0 Å². The first-order valence-corrected chi connectivity index (χ1v) is 8.98. The van der Waals surface area contributed by atoms with Crippen molar-refractivity contribution in [3.8, 4) is 5.75 Å². The van der Waals surface area contributed by atoms with E-state index in [9.17, 15) is 13.2 Å². The monoisotopic (exact) mass is 433 g/mol. The molecule has 0 saturated heterocycles. The minimum absolute atomic E-state index is 0.0195. The topological polar surface area (TPSA) is 88.8 Å². The maximum atomic E-state index is 13.9. The van der Waals surface area contributed by atoms with Gasteiger partial charge in [0.2, 0.25) is 11.0 Å². The Balaban J connectivity index is 1.74. The third kappa shape index (κ3) is 4.60. The van der Waals surface area contributed by atoms with Crippen LogP contribution in [0.15, 0.2) is 30.5 Å². The van der Waals surface area contributed by atoms with E-state index in [4.69, 9.17) is 33.7 Å². The first-order valence-electron chi connectivity index (χ1n) is 8.23. The number of H-pyrrole nitrogens is 1. The summed E-state index contributed by atoms with van der Waals surface area (Å²) in [5, 5.41) is 3.45. The van der Waals surface area contributed by atoms with Crippen molar-refractivity contribution < 1.29 is 17.9 Å². The van der Waals surface area contributed by atoms with E-state index in [1.807, 2.05) is 30.5 Å². The molecular weight excluding hydrogens is 418 g/mol. The lowest BCUT2D eigenvalue weighted by Gasteiger charge is -2.19. The highest BCUT2D eigenvalue weighted by Crippen LogP contribution is 2.33. The van der Waals surface area contributed by atoms with Crippen molar-refractivity contribution in [2.24, 2.45) is 5.73 Å². The molecule has 0 spiro atoms. The summed E-state index contributed by atoms with van der Waals surface area (Å²) in [4.78, 5) is 10.7. The Morgan fingerprint density at radius 3 is 2.68 bits per heavy atom. The van der Waals surface area contributed by atoms with Gasteiger partial charge in [0.25, 0.3) is 12.8 Å². The van der Waals surface area contributed by atoms with Crippen molar-refractivity contribution in [3.63, 3.8) is 0 Å². The number of aromatic amines is 1. The standard InChI is InChI=1S/C17H16Cl2F3N5O/c18-13-12(28-15(22)11(23)14(20)21)16(27-17(19)26-13)24-6-5-8-7-25-10-4-2-1-3-9(8)10/h1-4,7,11,14-15,25H,5-6,23H2,(H,24,26,27)/t11-,15?/m0/s1. The molecule has 3 aromatic rings. The molecule has 0 amide bonds. The first kappa shape index (κ1) is 20.5. The molecule has 0 saturated carbocycles. The second-order valence-electron chi connectivity index (χ2n) is 5.88. The maximum Gasteiger partial charge on any atom is 0.259 e. The lowest BCUT2D eigenvalue weighted by molar-refractivity contribution is -0.0197. The lowest BCUT2D eigenvalue weighted by atomic mass is 10.1. The van der Waals surface area contributed by atoms with E-state index in [-0.39, 0.29) is 22.0 Å². The number of nitrogens with one attached hydrogen (secondary N) is 2. The quantitative estimate of drug-likeness (QED) is 0.366. The summed E-state index contributed by atoms with van der Waals surface area (Å²) in [6, 6.07) is 5.64. The maximum absolute atomic E-state index is 13.9. The fraction of sp³-hybridized carbons (Fsp3) is 0.294. The SMILES string of the molecule is N[C@@H](C(F)F)C(F)Oc1c(Cl)nc(Cl)nc1NCCc1c[nH]c2ccccc12. The molecule has 6 nitrogen and oxygen atoms in total. The molecule has 2 heterocycles. The van der Waals surface area contributed by atoms with E-state index in [2.05, 4.69) is 20.3 Å². The first-order chi connectivity index (χ1) is 13.4. The third-order valence-electron chi connectivity index (χ3n) is 3.98. The molecule has 0 aliphatic rings. The molecule has 0 bridgehead atoms. The number of alkyl halides is 3. The van der Waals surface area contributed by atoms with Gasteiger partial charge in [-0.15, -0.1) is 0 Å². The molecular formula is C17H16Cl2F3N5O. The minimum atomic E-state index is -3.11. The van der Waals surface area contributed by atoms with Crippen molar-refractivity contribution in [1.29, 1.82) is 0 Å². The van der Waals surface area contributed by atoms with Gasteiger partial charge in [0.05, 0.1) is 0 Å². The van der Waals surface area contributed by atoms with Gasteiger partial charge < -0.3 is 20.8 Å². The summed E-state index contributed by atoms with van der Waals surface area (Å²) in [6.07, 6.45) is -3.15. The molecule has 28 heavy (non-hydrogen) atoms. The molecule has 3 rings (SSSR count). The number of benzene rings is 1. The van der Waals surface area contributed by atoms with E-state index in [1.54, 1.807) is 0 Å². The smallest absolute Gasteiger partial charge is 0.259 e. The van der Waals surface area contributed by atoms with Crippen LogP contribution in [-0.2, 0) is 6.42 Å². The van der Waals surface area contributed by atoms with Crippen LogP contribution >= 0.6 is 23.2 Å². The van der Waals surface area contributed by atoms with Gasteiger partial charge in [0.1, 0.15) is 6.04 Å². The van der Waals surface area contributed by atoms with Crippen LogP contribution in [0.25, 0.3) is 10.9 Å².